The first-order valence-electron chi connectivity index (χ1n) is 4.63. The Morgan fingerprint density at radius 2 is 1.61 bits per heavy atom. The summed E-state index contributed by atoms with van der Waals surface area (Å²) in [5, 5.41) is 5.70. The van der Waals surface area contributed by atoms with Gasteiger partial charge in [-0.1, -0.05) is 11.8 Å². The van der Waals surface area contributed by atoms with E-state index in [0.29, 0.717) is 6.08 Å². The van der Waals surface area contributed by atoms with Crippen LogP contribution in [0.1, 0.15) is 0 Å². The van der Waals surface area contributed by atoms with E-state index >= 15 is 0 Å². The molecule has 2 bridgehead atoms. The molecule has 3 nitrogen and oxygen atoms in total. The molecule has 0 aromatic rings. The predicted molar refractivity (Wildman–Crippen MR) is 51.8 cm³/mol. The highest BCUT2D eigenvalue weighted by Crippen LogP contribution is 2.67. The average molecular weight is 291 g/mol. The van der Waals surface area contributed by atoms with Crippen LogP contribution < -0.4 is 0 Å². The van der Waals surface area contributed by atoms with Gasteiger partial charge in [0.1, 0.15) is 0 Å². The largest absolute Gasteiger partial charge is 0.430 e. The first kappa shape index (κ1) is 13.5. The lowest BCUT2D eigenvalue weighted by molar-refractivity contribution is -0.155. The van der Waals surface area contributed by atoms with Crippen LogP contribution in [-0.2, 0) is 0 Å². The van der Waals surface area contributed by atoms with Gasteiger partial charge < -0.3 is 4.90 Å². The number of azo groups is 1. The Morgan fingerprint density at radius 3 is 1.94 bits per heavy atom. The van der Waals surface area contributed by atoms with E-state index in [1.807, 2.05) is 0 Å². The molecule has 0 fully saturated rings. The number of halogens is 6. The number of hydrogen-bond donors (Lipinski definition) is 0. The Labute approximate surface area is 102 Å². The molecule has 0 amide bonds. The zero-order valence-electron chi connectivity index (χ0n) is 9.10. The van der Waals surface area contributed by atoms with E-state index in [4.69, 9.17) is 0 Å². The van der Waals surface area contributed by atoms with Crippen LogP contribution >= 0.6 is 11.8 Å². The van der Waals surface area contributed by atoms with Crippen molar-refractivity contribution in [1.29, 1.82) is 0 Å². The third-order valence-electron chi connectivity index (χ3n) is 2.59. The molecular formula is C8H7F6N3S. The number of hydrogen-bond acceptors (Lipinski definition) is 4. The Balaban J connectivity index is 2.57. The molecular weight excluding hydrogens is 284 g/mol. The second-order valence-corrected chi connectivity index (χ2v) is 5.48. The standard InChI is InChI=1S/C8H7F6N3S/c1-17(2)4-3-5(7(9,10)11)15-16-6(4,18-5)8(12,13)14/h3H,1-2H3. The molecule has 2 unspecified atom stereocenters. The summed E-state index contributed by atoms with van der Waals surface area (Å²) in [7, 11) is 2.47. The molecule has 0 saturated carbocycles. The van der Waals surface area contributed by atoms with Gasteiger partial charge in [-0.2, -0.15) is 36.6 Å². The van der Waals surface area contributed by atoms with Crippen molar-refractivity contribution in [3.8, 4) is 0 Å². The highest BCUT2D eigenvalue weighted by atomic mass is 32.2. The van der Waals surface area contributed by atoms with Crippen molar-refractivity contribution in [2.75, 3.05) is 14.1 Å². The zero-order valence-corrected chi connectivity index (χ0v) is 9.91. The molecule has 0 N–H and O–H groups in total. The number of thioether (sulfide) groups is 1. The lowest BCUT2D eigenvalue weighted by Crippen LogP contribution is -2.43. The van der Waals surface area contributed by atoms with E-state index in [1.165, 1.54) is 14.1 Å². The van der Waals surface area contributed by atoms with Crippen molar-refractivity contribution >= 4 is 11.8 Å². The summed E-state index contributed by atoms with van der Waals surface area (Å²) in [6.07, 6.45) is -9.38. The minimum atomic E-state index is -4.94. The van der Waals surface area contributed by atoms with Gasteiger partial charge >= 0.3 is 12.4 Å². The van der Waals surface area contributed by atoms with Gasteiger partial charge in [-0.15, -0.1) is 0 Å². The molecule has 0 aromatic carbocycles. The molecule has 2 aliphatic heterocycles. The fourth-order valence-corrected chi connectivity index (χ4v) is 3.11. The summed E-state index contributed by atoms with van der Waals surface area (Å²) in [6, 6.07) is 0. The van der Waals surface area contributed by atoms with Crippen LogP contribution in [0.25, 0.3) is 0 Å². The monoisotopic (exact) mass is 291 g/mol. The van der Waals surface area contributed by atoms with Crippen LogP contribution in [0.5, 0.6) is 0 Å². The number of fused-ring (bicyclic) bond motifs is 2. The van der Waals surface area contributed by atoms with E-state index in [0.717, 1.165) is 4.90 Å². The van der Waals surface area contributed by atoms with Gasteiger partial charge in [0.05, 0.1) is 5.70 Å². The van der Waals surface area contributed by atoms with Gasteiger partial charge in [-0.05, 0) is 6.08 Å². The van der Waals surface area contributed by atoms with Crippen molar-refractivity contribution in [3.05, 3.63) is 11.8 Å². The van der Waals surface area contributed by atoms with E-state index < -0.39 is 27.8 Å². The van der Waals surface area contributed by atoms with Gasteiger partial charge in [0.25, 0.3) is 4.87 Å². The Bertz CT molecular complexity index is 439. The Kier molecular flexibility index (Phi) is 2.50. The lowest BCUT2D eigenvalue weighted by atomic mass is 10.1. The predicted octanol–water partition coefficient (Wildman–Crippen LogP) is 3.16. The molecule has 0 spiro atoms. The molecule has 0 aliphatic carbocycles. The van der Waals surface area contributed by atoms with Crippen LogP contribution in [0.15, 0.2) is 22.0 Å². The van der Waals surface area contributed by atoms with Gasteiger partial charge in [0.15, 0.2) is 0 Å². The Morgan fingerprint density at radius 1 is 1.06 bits per heavy atom. The van der Waals surface area contributed by atoms with Crippen molar-refractivity contribution < 1.29 is 26.3 Å². The summed E-state index contributed by atoms with van der Waals surface area (Å²) < 4.78 is 77.5. The Hall–Kier alpha value is -0.930. The third-order valence-corrected chi connectivity index (χ3v) is 4.15. The highest BCUT2D eigenvalue weighted by Gasteiger charge is 2.76. The fraction of sp³-hybridized carbons (Fsp3) is 0.750. The number of rotatable bonds is 1. The van der Waals surface area contributed by atoms with E-state index in [9.17, 15) is 26.3 Å². The first-order chi connectivity index (χ1) is 7.95. The van der Waals surface area contributed by atoms with Crippen LogP contribution in [0.4, 0.5) is 26.3 Å². The second-order valence-electron chi connectivity index (χ2n) is 4.06. The van der Waals surface area contributed by atoms with Crippen molar-refractivity contribution in [2.45, 2.75) is 22.1 Å². The molecule has 2 aliphatic rings. The number of alkyl halides is 6. The highest BCUT2D eigenvalue weighted by molar-refractivity contribution is 8.03. The van der Waals surface area contributed by atoms with Crippen LogP contribution in [0, 0.1) is 0 Å². The number of likely N-dealkylation sites (N-methyl/N-ethyl adjacent to an activating group) is 1. The molecule has 0 saturated heterocycles. The SMILES string of the molecule is CN(C)C1=CC2(C(F)(F)F)N=NC1(C(F)(F)F)S2. The zero-order chi connectivity index (χ0) is 14.0. The van der Waals surface area contributed by atoms with Crippen LogP contribution in [-0.4, -0.2) is 41.1 Å². The van der Waals surface area contributed by atoms with Crippen LogP contribution in [0.3, 0.4) is 0 Å². The summed E-state index contributed by atoms with van der Waals surface area (Å²) in [6.45, 7) is 0. The molecule has 18 heavy (non-hydrogen) atoms. The fourth-order valence-electron chi connectivity index (χ4n) is 1.74. The smallest absolute Gasteiger partial charge is 0.378 e. The van der Waals surface area contributed by atoms with Crippen molar-refractivity contribution in [1.82, 2.24) is 4.90 Å². The molecule has 2 heterocycles. The normalized spacial score (nSPS) is 35.0. The summed E-state index contributed by atoms with van der Waals surface area (Å²) in [4.78, 5) is -4.90. The first-order valence-corrected chi connectivity index (χ1v) is 5.45. The molecule has 102 valence electrons. The topological polar surface area (TPSA) is 28.0 Å². The maximum absolute atomic E-state index is 13.0. The van der Waals surface area contributed by atoms with Crippen molar-refractivity contribution in [3.63, 3.8) is 0 Å². The van der Waals surface area contributed by atoms with Gasteiger partial charge in [-0.25, -0.2) is 0 Å². The van der Waals surface area contributed by atoms with Crippen molar-refractivity contribution in [2.24, 2.45) is 10.2 Å². The van der Waals surface area contributed by atoms with Crippen LogP contribution in [0.2, 0.25) is 0 Å². The minimum absolute atomic E-state index is 0.341. The molecule has 0 aromatic heterocycles. The number of nitrogens with zero attached hydrogens (tertiary/aromatic N) is 3. The van der Waals surface area contributed by atoms with Gasteiger partial charge in [0, 0.05) is 14.1 Å². The summed E-state index contributed by atoms with van der Waals surface area (Å²) in [5.41, 5.74) is -0.549. The maximum Gasteiger partial charge on any atom is 0.430 e. The summed E-state index contributed by atoms with van der Waals surface area (Å²) in [5.74, 6) is 0. The third kappa shape index (κ3) is 1.47. The average Bonchev–Trinajstić information content (AvgIpc) is 2.70. The van der Waals surface area contributed by atoms with Gasteiger partial charge in [0.2, 0.25) is 4.87 Å². The molecule has 2 rings (SSSR count). The second kappa shape index (κ2) is 3.34. The van der Waals surface area contributed by atoms with E-state index in [1.54, 1.807) is 0 Å². The van der Waals surface area contributed by atoms with Gasteiger partial charge in [-0.3, -0.25) is 0 Å². The minimum Gasteiger partial charge on any atom is -0.378 e. The summed E-state index contributed by atoms with van der Waals surface area (Å²) >= 11 is -0.341. The quantitative estimate of drug-likeness (QED) is 0.694. The maximum atomic E-state index is 13.0. The van der Waals surface area contributed by atoms with E-state index in [-0.39, 0.29) is 11.8 Å². The lowest BCUT2D eigenvalue weighted by Gasteiger charge is -2.30. The molecule has 2 atom stereocenters. The molecule has 10 heteroatoms. The van der Waals surface area contributed by atoms with E-state index in [2.05, 4.69) is 10.2 Å². The molecule has 0 radical (unpaired) electrons.